The van der Waals surface area contributed by atoms with Crippen LogP contribution in [0.3, 0.4) is 0 Å². The van der Waals surface area contributed by atoms with Gasteiger partial charge in [0.2, 0.25) is 5.91 Å². The third-order valence-corrected chi connectivity index (χ3v) is 3.56. The Morgan fingerprint density at radius 2 is 1.85 bits per heavy atom. The molecule has 0 saturated carbocycles. The second-order valence-electron chi connectivity index (χ2n) is 4.99. The van der Waals surface area contributed by atoms with Crippen molar-refractivity contribution in [2.75, 3.05) is 10.6 Å². The molecule has 102 valence electrons. The van der Waals surface area contributed by atoms with Gasteiger partial charge >= 0.3 is 0 Å². The Morgan fingerprint density at radius 3 is 2.60 bits per heavy atom. The molecular formula is C16H15FN2O. The topological polar surface area (TPSA) is 46.3 Å². The van der Waals surface area contributed by atoms with Crippen LogP contribution in [0.25, 0.3) is 0 Å². The number of hydrogen-bond donors (Lipinski definition) is 1. The minimum atomic E-state index is -0.259. The number of halogens is 1. The molecule has 0 spiro atoms. The number of rotatable bonds is 2. The number of aryl methyl sites for hydroxylation is 1. The second-order valence-corrected chi connectivity index (χ2v) is 4.99. The van der Waals surface area contributed by atoms with E-state index in [9.17, 15) is 9.18 Å². The maximum Gasteiger partial charge on any atom is 0.227 e. The molecule has 20 heavy (non-hydrogen) atoms. The van der Waals surface area contributed by atoms with E-state index in [0.29, 0.717) is 25.1 Å². The first-order valence-corrected chi connectivity index (χ1v) is 6.57. The zero-order chi connectivity index (χ0) is 14.1. The number of nitrogen functional groups attached to an aromatic ring is 1. The van der Waals surface area contributed by atoms with Crippen LogP contribution in [0.5, 0.6) is 0 Å². The van der Waals surface area contributed by atoms with Gasteiger partial charge in [-0.15, -0.1) is 0 Å². The van der Waals surface area contributed by atoms with Gasteiger partial charge in [0.05, 0.1) is 6.54 Å². The summed E-state index contributed by atoms with van der Waals surface area (Å²) in [6.07, 6.45) is 1.02. The minimum Gasteiger partial charge on any atom is -0.399 e. The van der Waals surface area contributed by atoms with Crippen LogP contribution in [0.1, 0.15) is 17.5 Å². The summed E-state index contributed by atoms with van der Waals surface area (Å²) >= 11 is 0. The molecule has 0 saturated heterocycles. The van der Waals surface area contributed by atoms with Crippen LogP contribution in [0, 0.1) is 5.82 Å². The predicted octanol–water partition coefficient (Wildman–Crippen LogP) is 2.89. The van der Waals surface area contributed by atoms with Crippen molar-refractivity contribution in [2.24, 2.45) is 0 Å². The summed E-state index contributed by atoms with van der Waals surface area (Å²) < 4.78 is 13.3. The molecule has 0 fully saturated rings. The summed E-state index contributed by atoms with van der Waals surface area (Å²) in [5, 5.41) is 0. The van der Waals surface area contributed by atoms with Gasteiger partial charge in [-0.05, 0) is 47.9 Å². The number of amides is 1. The highest BCUT2D eigenvalue weighted by molar-refractivity contribution is 5.96. The van der Waals surface area contributed by atoms with E-state index >= 15 is 0 Å². The first-order valence-electron chi connectivity index (χ1n) is 6.57. The summed E-state index contributed by atoms with van der Waals surface area (Å²) in [5.41, 5.74) is 9.05. The lowest BCUT2D eigenvalue weighted by atomic mass is 10.00. The molecular weight excluding hydrogens is 255 g/mol. The van der Waals surface area contributed by atoms with Crippen molar-refractivity contribution in [3.8, 4) is 0 Å². The van der Waals surface area contributed by atoms with E-state index in [1.807, 2.05) is 24.3 Å². The maximum atomic E-state index is 13.3. The molecule has 3 nitrogen and oxygen atoms in total. The molecule has 4 heteroatoms. The molecule has 2 N–H and O–H groups in total. The Labute approximate surface area is 116 Å². The van der Waals surface area contributed by atoms with Gasteiger partial charge in [-0.25, -0.2) is 4.39 Å². The first kappa shape index (κ1) is 12.7. The van der Waals surface area contributed by atoms with Gasteiger partial charge in [0.25, 0.3) is 0 Å². The van der Waals surface area contributed by atoms with Crippen LogP contribution in [-0.2, 0) is 17.8 Å². The highest BCUT2D eigenvalue weighted by Gasteiger charge is 2.24. The van der Waals surface area contributed by atoms with Gasteiger partial charge in [0, 0.05) is 17.8 Å². The van der Waals surface area contributed by atoms with Crippen LogP contribution in [0.15, 0.2) is 42.5 Å². The highest BCUT2D eigenvalue weighted by atomic mass is 19.1. The van der Waals surface area contributed by atoms with Gasteiger partial charge in [0.15, 0.2) is 0 Å². The maximum absolute atomic E-state index is 13.3. The van der Waals surface area contributed by atoms with E-state index in [1.165, 1.54) is 12.1 Å². The Hall–Kier alpha value is -2.36. The van der Waals surface area contributed by atoms with Gasteiger partial charge < -0.3 is 10.6 Å². The number of hydrogen-bond acceptors (Lipinski definition) is 2. The Kier molecular flexibility index (Phi) is 3.14. The standard InChI is InChI=1S/C16H15FN2O/c17-13-4-7-15-12(9-13)3-8-16(20)19(15)10-11-1-5-14(18)6-2-11/h1-2,4-7,9H,3,8,10,18H2. The van der Waals surface area contributed by atoms with Crippen molar-refractivity contribution in [2.45, 2.75) is 19.4 Å². The average molecular weight is 270 g/mol. The molecule has 2 aromatic carbocycles. The van der Waals surface area contributed by atoms with Gasteiger partial charge in [-0.2, -0.15) is 0 Å². The van der Waals surface area contributed by atoms with E-state index in [2.05, 4.69) is 0 Å². The van der Waals surface area contributed by atoms with Crippen LogP contribution >= 0.6 is 0 Å². The van der Waals surface area contributed by atoms with E-state index in [1.54, 1.807) is 11.0 Å². The Morgan fingerprint density at radius 1 is 1.10 bits per heavy atom. The molecule has 1 aliphatic heterocycles. The van der Waals surface area contributed by atoms with E-state index in [-0.39, 0.29) is 11.7 Å². The molecule has 3 rings (SSSR count). The largest absolute Gasteiger partial charge is 0.399 e. The average Bonchev–Trinajstić information content (AvgIpc) is 2.44. The molecule has 1 aliphatic rings. The molecule has 0 atom stereocenters. The first-order chi connectivity index (χ1) is 9.63. The Balaban J connectivity index is 1.93. The number of nitrogens with zero attached hydrogens (tertiary/aromatic N) is 1. The summed E-state index contributed by atoms with van der Waals surface area (Å²) in [5.74, 6) is -0.188. The summed E-state index contributed by atoms with van der Waals surface area (Å²) in [6.45, 7) is 0.484. The molecule has 0 aromatic heterocycles. The number of nitrogens with two attached hydrogens (primary N) is 1. The zero-order valence-corrected chi connectivity index (χ0v) is 11.0. The molecule has 1 amide bonds. The molecule has 0 unspecified atom stereocenters. The van der Waals surface area contributed by atoms with Crippen molar-refractivity contribution < 1.29 is 9.18 Å². The quantitative estimate of drug-likeness (QED) is 0.853. The summed E-state index contributed by atoms with van der Waals surface area (Å²) in [7, 11) is 0. The molecule has 0 aliphatic carbocycles. The third-order valence-electron chi connectivity index (χ3n) is 3.56. The van der Waals surface area contributed by atoms with Crippen molar-refractivity contribution in [3.63, 3.8) is 0 Å². The second kappa shape index (κ2) is 4.96. The van der Waals surface area contributed by atoms with Crippen molar-refractivity contribution in [1.82, 2.24) is 0 Å². The fraction of sp³-hybridized carbons (Fsp3) is 0.188. The third kappa shape index (κ3) is 2.37. The number of benzene rings is 2. The predicted molar refractivity (Wildman–Crippen MR) is 76.8 cm³/mol. The molecule has 1 heterocycles. The van der Waals surface area contributed by atoms with E-state index in [0.717, 1.165) is 16.8 Å². The van der Waals surface area contributed by atoms with Crippen LogP contribution in [0.2, 0.25) is 0 Å². The van der Waals surface area contributed by atoms with Crippen molar-refractivity contribution in [3.05, 3.63) is 59.4 Å². The smallest absolute Gasteiger partial charge is 0.227 e. The summed E-state index contributed by atoms with van der Waals surface area (Å²) in [4.78, 5) is 13.8. The number of anilines is 2. The van der Waals surface area contributed by atoms with Gasteiger partial charge in [0.1, 0.15) is 5.82 Å². The lowest BCUT2D eigenvalue weighted by molar-refractivity contribution is -0.119. The van der Waals surface area contributed by atoms with Crippen molar-refractivity contribution in [1.29, 1.82) is 0 Å². The monoisotopic (exact) mass is 270 g/mol. The van der Waals surface area contributed by atoms with Crippen LogP contribution < -0.4 is 10.6 Å². The van der Waals surface area contributed by atoms with Crippen molar-refractivity contribution >= 4 is 17.3 Å². The Bertz CT molecular complexity index is 652. The number of carbonyl (C=O) groups excluding carboxylic acids is 1. The van der Waals surface area contributed by atoms with E-state index in [4.69, 9.17) is 5.73 Å². The van der Waals surface area contributed by atoms with E-state index < -0.39 is 0 Å². The zero-order valence-electron chi connectivity index (χ0n) is 11.0. The number of carbonyl (C=O) groups is 1. The van der Waals surface area contributed by atoms with Crippen LogP contribution in [0.4, 0.5) is 15.8 Å². The highest BCUT2D eigenvalue weighted by Crippen LogP contribution is 2.29. The van der Waals surface area contributed by atoms with Gasteiger partial charge in [-0.1, -0.05) is 12.1 Å². The minimum absolute atomic E-state index is 0.0703. The fourth-order valence-electron chi connectivity index (χ4n) is 2.51. The SMILES string of the molecule is Nc1ccc(CN2C(=O)CCc3cc(F)ccc32)cc1. The molecule has 2 aromatic rings. The lowest BCUT2D eigenvalue weighted by Gasteiger charge is -2.29. The summed E-state index contributed by atoms with van der Waals surface area (Å²) in [6, 6.07) is 12.0. The molecule has 0 bridgehead atoms. The van der Waals surface area contributed by atoms with Crippen LogP contribution in [-0.4, -0.2) is 5.91 Å². The lowest BCUT2D eigenvalue weighted by Crippen LogP contribution is -2.34. The molecule has 0 radical (unpaired) electrons. The van der Waals surface area contributed by atoms with Gasteiger partial charge in [-0.3, -0.25) is 4.79 Å². The normalized spacial score (nSPS) is 14.2. The fourth-order valence-corrected chi connectivity index (χ4v) is 2.51. The number of fused-ring (bicyclic) bond motifs is 1.